The Bertz CT molecular complexity index is 1280. The van der Waals surface area contributed by atoms with E-state index >= 15 is 0 Å². The minimum Gasteiger partial charge on any atom is -0.493 e. The monoisotopic (exact) mass is 550 g/mol. The van der Waals surface area contributed by atoms with Crippen LogP contribution in [0.3, 0.4) is 0 Å². The molecular weight excluding hydrogens is 528 g/mol. The van der Waals surface area contributed by atoms with Gasteiger partial charge in [0.1, 0.15) is 24.0 Å². The highest BCUT2D eigenvalue weighted by molar-refractivity contribution is 9.10. The number of benzene rings is 3. The van der Waals surface area contributed by atoms with Crippen molar-refractivity contribution in [3.63, 3.8) is 0 Å². The predicted octanol–water partition coefficient (Wildman–Crippen LogP) is 5.13. The summed E-state index contributed by atoms with van der Waals surface area (Å²) in [5.74, 6) is 0.129. The molecule has 0 heterocycles. The summed E-state index contributed by atoms with van der Waals surface area (Å²) < 4.78 is 21.6. The fraction of sp³-hybridized carbons (Fsp3) is 0.148. The van der Waals surface area contributed by atoms with Crippen molar-refractivity contribution < 1.29 is 28.5 Å². The maximum absolute atomic E-state index is 12.7. The number of nitriles is 1. The largest absolute Gasteiger partial charge is 0.493 e. The molecule has 0 aliphatic carbocycles. The first-order chi connectivity index (χ1) is 17.4. The minimum atomic E-state index is -0.573. The number of carbonyl (C=O) groups excluding carboxylic acids is 2. The van der Waals surface area contributed by atoms with Crippen molar-refractivity contribution in [3.8, 4) is 23.3 Å². The molecular formula is C27H23BrN2O6. The van der Waals surface area contributed by atoms with Gasteiger partial charge in [-0.05, 0) is 69.5 Å². The zero-order chi connectivity index (χ0) is 25.9. The van der Waals surface area contributed by atoms with E-state index in [0.717, 1.165) is 5.56 Å². The van der Waals surface area contributed by atoms with E-state index in [1.165, 1.54) is 20.3 Å². The average Bonchev–Trinajstić information content (AvgIpc) is 2.90. The van der Waals surface area contributed by atoms with Crippen LogP contribution in [0.1, 0.15) is 11.1 Å². The van der Waals surface area contributed by atoms with E-state index in [0.29, 0.717) is 33.8 Å². The number of nitrogens with one attached hydrogen (secondary N) is 1. The van der Waals surface area contributed by atoms with Crippen LogP contribution in [-0.4, -0.2) is 32.7 Å². The number of halogens is 1. The fourth-order valence-electron chi connectivity index (χ4n) is 3.04. The van der Waals surface area contributed by atoms with Crippen LogP contribution in [0.4, 0.5) is 5.69 Å². The summed E-state index contributed by atoms with van der Waals surface area (Å²) in [6.45, 7) is 0.127. The molecule has 0 atom stereocenters. The molecule has 3 aromatic rings. The van der Waals surface area contributed by atoms with Crippen molar-refractivity contribution in [2.24, 2.45) is 0 Å². The highest BCUT2D eigenvalue weighted by atomic mass is 79.9. The zero-order valence-corrected chi connectivity index (χ0v) is 21.2. The lowest BCUT2D eigenvalue weighted by atomic mass is 10.1. The van der Waals surface area contributed by atoms with Crippen LogP contribution in [0, 0.1) is 11.3 Å². The van der Waals surface area contributed by atoms with Crippen LogP contribution in [0.15, 0.2) is 76.8 Å². The van der Waals surface area contributed by atoms with E-state index in [9.17, 15) is 14.9 Å². The molecule has 0 unspecified atom stereocenters. The van der Waals surface area contributed by atoms with Crippen LogP contribution in [0.5, 0.6) is 17.2 Å². The number of esters is 1. The van der Waals surface area contributed by atoms with E-state index < -0.39 is 11.9 Å². The van der Waals surface area contributed by atoms with Crippen molar-refractivity contribution in [2.45, 2.75) is 6.61 Å². The van der Waals surface area contributed by atoms with Gasteiger partial charge in [0.25, 0.3) is 5.91 Å². The van der Waals surface area contributed by atoms with E-state index in [-0.39, 0.29) is 17.9 Å². The Kier molecular flexibility index (Phi) is 9.48. The van der Waals surface area contributed by atoms with Gasteiger partial charge in [-0.15, -0.1) is 0 Å². The number of anilines is 1. The number of nitrogens with zero attached hydrogens (tertiary/aromatic N) is 1. The second kappa shape index (κ2) is 13.0. The van der Waals surface area contributed by atoms with Crippen molar-refractivity contribution in [1.82, 2.24) is 0 Å². The third kappa shape index (κ3) is 7.35. The lowest BCUT2D eigenvalue weighted by molar-refractivity contribution is -0.142. The topological polar surface area (TPSA) is 107 Å². The van der Waals surface area contributed by atoms with E-state index in [2.05, 4.69) is 26.0 Å². The molecule has 1 amide bonds. The molecule has 1 N–H and O–H groups in total. The summed E-state index contributed by atoms with van der Waals surface area (Å²) in [6.07, 6.45) is 1.42. The molecule has 0 saturated heterocycles. The zero-order valence-electron chi connectivity index (χ0n) is 19.6. The van der Waals surface area contributed by atoms with Gasteiger partial charge in [0.15, 0.2) is 18.1 Å². The van der Waals surface area contributed by atoms with Crippen molar-refractivity contribution >= 4 is 39.6 Å². The van der Waals surface area contributed by atoms with Crippen molar-refractivity contribution in [2.75, 3.05) is 26.1 Å². The third-order valence-electron chi connectivity index (χ3n) is 4.85. The molecule has 0 bridgehead atoms. The van der Waals surface area contributed by atoms with E-state index in [1.807, 2.05) is 36.4 Å². The molecule has 9 heteroatoms. The normalized spacial score (nSPS) is 10.7. The number of methoxy groups -OCH3 is 2. The molecule has 0 fully saturated rings. The summed E-state index contributed by atoms with van der Waals surface area (Å²) >= 11 is 3.37. The summed E-state index contributed by atoms with van der Waals surface area (Å²) in [5, 5.41) is 12.3. The Morgan fingerprint density at radius 3 is 2.39 bits per heavy atom. The fourth-order valence-corrected chi connectivity index (χ4v) is 3.62. The smallest absolute Gasteiger partial charge is 0.343 e. The van der Waals surface area contributed by atoms with Gasteiger partial charge in [-0.3, -0.25) is 4.79 Å². The molecule has 8 nitrogen and oxygen atoms in total. The maximum Gasteiger partial charge on any atom is 0.343 e. The second-order valence-electron chi connectivity index (χ2n) is 7.32. The van der Waals surface area contributed by atoms with E-state index in [1.54, 1.807) is 36.4 Å². The SMILES string of the molecule is COC(=O)COc1c(Br)cc(/C=C(\C#N)C(=O)Nc2ccc(OCc3ccccc3)cc2)cc1OC. The maximum atomic E-state index is 12.7. The van der Waals surface area contributed by atoms with Gasteiger partial charge in [-0.1, -0.05) is 30.3 Å². The summed E-state index contributed by atoms with van der Waals surface area (Å²) in [5.41, 5.74) is 1.96. The molecule has 0 aliphatic heterocycles. The highest BCUT2D eigenvalue weighted by Gasteiger charge is 2.15. The Morgan fingerprint density at radius 2 is 1.75 bits per heavy atom. The Labute approximate surface area is 217 Å². The Balaban J connectivity index is 1.68. The number of rotatable bonds is 10. The third-order valence-corrected chi connectivity index (χ3v) is 5.44. The Morgan fingerprint density at radius 1 is 1.03 bits per heavy atom. The van der Waals surface area contributed by atoms with Crippen LogP contribution in [0.25, 0.3) is 6.08 Å². The molecule has 0 aliphatic rings. The standard InChI is InChI=1S/C27H23BrN2O6/c1-33-24-14-19(13-23(28)26(24)36-17-25(31)34-2)12-20(15-29)27(32)30-21-8-10-22(11-9-21)35-16-18-6-4-3-5-7-18/h3-14H,16-17H2,1-2H3,(H,30,32)/b20-12+. The molecule has 36 heavy (non-hydrogen) atoms. The Hall–Kier alpha value is -4.29. The summed E-state index contributed by atoms with van der Waals surface area (Å²) in [4.78, 5) is 24.1. The summed E-state index contributed by atoms with van der Waals surface area (Å²) in [7, 11) is 2.69. The van der Waals surface area contributed by atoms with Gasteiger partial charge in [0.05, 0.1) is 18.7 Å². The lowest BCUT2D eigenvalue weighted by Crippen LogP contribution is -2.14. The predicted molar refractivity (Wildman–Crippen MR) is 138 cm³/mol. The minimum absolute atomic E-state index is 0.114. The first-order valence-corrected chi connectivity index (χ1v) is 11.5. The van der Waals surface area contributed by atoms with Crippen LogP contribution >= 0.6 is 15.9 Å². The molecule has 0 spiro atoms. The average molecular weight is 551 g/mol. The van der Waals surface area contributed by atoms with Gasteiger partial charge in [0, 0.05) is 5.69 Å². The van der Waals surface area contributed by atoms with Gasteiger partial charge in [0.2, 0.25) is 0 Å². The second-order valence-corrected chi connectivity index (χ2v) is 8.18. The van der Waals surface area contributed by atoms with Gasteiger partial charge >= 0.3 is 5.97 Å². The number of hydrogen-bond acceptors (Lipinski definition) is 7. The first-order valence-electron chi connectivity index (χ1n) is 10.7. The van der Waals surface area contributed by atoms with Gasteiger partial charge < -0.3 is 24.3 Å². The van der Waals surface area contributed by atoms with Crippen molar-refractivity contribution in [3.05, 3.63) is 87.9 Å². The molecule has 0 saturated carbocycles. The first kappa shape index (κ1) is 26.3. The van der Waals surface area contributed by atoms with Crippen LogP contribution < -0.4 is 19.5 Å². The molecule has 0 aromatic heterocycles. The number of amides is 1. The summed E-state index contributed by atoms with van der Waals surface area (Å²) in [6, 6.07) is 21.8. The number of carbonyl (C=O) groups is 2. The van der Waals surface area contributed by atoms with Crippen molar-refractivity contribution in [1.29, 1.82) is 5.26 Å². The number of ether oxygens (including phenoxy) is 4. The molecule has 3 rings (SSSR count). The molecule has 184 valence electrons. The van der Waals surface area contributed by atoms with Gasteiger partial charge in [-0.25, -0.2) is 4.79 Å². The molecule has 3 aromatic carbocycles. The van der Waals surface area contributed by atoms with Crippen LogP contribution in [0.2, 0.25) is 0 Å². The van der Waals surface area contributed by atoms with Gasteiger partial charge in [-0.2, -0.15) is 5.26 Å². The van der Waals surface area contributed by atoms with Crippen LogP contribution in [-0.2, 0) is 20.9 Å². The van der Waals surface area contributed by atoms with E-state index in [4.69, 9.17) is 14.2 Å². The number of hydrogen-bond donors (Lipinski definition) is 1. The lowest BCUT2D eigenvalue weighted by Gasteiger charge is -2.13. The highest BCUT2D eigenvalue weighted by Crippen LogP contribution is 2.37. The molecule has 0 radical (unpaired) electrons. The quantitative estimate of drug-likeness (QED) is 0.211.